The van der Waals surface area contributed by atoms with E-state index in [1.54, 1.807) is 0 Å². The molecule has 0 radical (unpaired) electrons. The van der Waals surface area contributed by atoms with E-state index in [-0.39, 0.29) is 6.79 Å². The molecular formula is C6H12F3NO2. The SMILES string of the molecule is NCCCOCOCC(F)(F)F. The predicted molar refractivity (Wildman–Crippen MR) is 36.5 cm³/mol. The highest BCUT2D eigenvalue weighted by atomic mass is 19.4. The molecule has 0 rings (SSSR count). The van der Waals surface area contributed by atoms with Crippen LogP contribution in [0, 0.1) is 0 Å². The predicted octanol–water partition coefficient (Wildman–Crippen LogP) is 0.888. The molecule has 0 heterocycles. The first kappa shape index (κ1) is 11.7. The Hall–Kier alpha value is -0.330. The zero-order valence-electron chi connectivity index (χ0n) is 6.56. The summed E-state index contributed by atoms with van der Waals surface area (Å²) in [4.78, 5) is 0. The van der Waals surface area contributed by atoms with Crippen LogP contribution in [0.25, 0.3) is 0 Å². The van der Waals surface area contributed by atoms with Crippen LogP contribution in [0.2, 0.25) is 0 Å². The van der Waals surface area contributed by atoms with Gasteiger partial charge in [0.15, 0.2) is 0 Å². The van der Waals surface area contributed by atoms with E-state index < -0.39 is 12.8 Å². The average molecular weight is 187 g/mol. The molecule has 12 heavy (non-hydrogen) atoms. The smallest absolute Gasteiger partial charge is 0.355 e. The third-order valence-electron chi connectivity index (χ3n) is 0.925. The summed E-state index contributed by atoms with van der Waals surface area (Å²) in [6.45, 7) is -0.817. The maximum atomic E-state index is 11.4. The van der Waals surface area contributed by atoms with E-state index in [0.717, 1.165) is 0 Å². The molecule has 6 heteroatoms. The van der Waals surface area contributed by atoms with Gasteiger partial charge in [-0.05, 0) is 13.0 Å². The van der Waals surface area contributed by atoms with E-state index in [2.05, 4.69) is 9.47 Å². The zero-order valence-corrected chi connectivity index (χ0v) is 6.56. The van der Waals surface area contributed by atoms with Crippen molar-refractivity contribution in [2.45, 2.75) is 12.6 Å². The summed E-state index contributed by atoms with van der Waals surface area (Å²) < 4.78 is 43.1. The maximum Gasteiger partial charge on any atom is 0.411 e. The lowest BCUT2D eigenvalue weighted by Gasteiger charge is -2.07. The van der Waals surface area contributed by atoms with E-state index >= 15 is 0 Å². The van der Waals surface area contributed by atoms with E-state index in [0.29, 0.717) is 19.6 Å². The Labute approximate surface area is 68.6 Å². The molecule has 0 aliphatic carbocycles. The van der Waals surface area contributed by atoms with Crippen LogP contribution >= 0.6 is 0 Å². The summed E-state index contributed by atoms with van der Waals surface area (Å²) in [5.74, 6) is 0. The van der Waals surface area contributed by atoms with Crippen LogP contribution in [0.4, 0.5) is 13.2 Å². The van der Waals surface area contributed by atoms with Crippen molar-refractivity contribution >= 4 is 0 Å². The van der Waals surface area contributed by atoms with E-state index in [1.807, 2.05) is 0 Å². The molecule has 0 atom stereocenters. The van der Waals surface area contributed by atoms with Crippen molar-refractivity contribution in [3.63, 3.8) is 0 Å². The summed E-state index contributed by atoms with van der Waals surface area (Å²) in [5.41, 5.74) is 5.11. The highest BCUT2D eigenvalue weighted by Gasteiger charge is 2.27. The molecule has 2 N–H and O–H groups in total. The van der Waals surface area contributed by atoms with E-state index in [9.17, 15) is 13.2 Å². The number of hydrogen-bond donors (Lipinski definition) is 1. The lowest BCUT2D eigenvalue weighted by atomic mass is 10.5. The molecule has 0 aliphatic rings. The monoisotopic (exact) mass is 187 g/mol. The molecule has 0 unspecified atom stereocenters. The molecule has 0 amide bonds. The van der Waals surface area contributed by atoms with Crippen molar-refractivity contribution in [3.05, 3.63) is 0 Å². The van der Waals surface area contributed by atoms with Crippen molar-refractivity contribution in [1.82, 2.24) is 0 Å². The lowest BCUT2D eigenvalue weighted by Crippen LogP contribution is -2.18. The first-order chi connectivity index (χ1) is 5.56. The number of ether oxygens (including phenoxy) is 2. The van der Waals surface area contributed by atoms with Crippen LogP contribution < -0.4 is 5.73 Å². The van der Waals surface area contributed by atoms with Crippen LogP contribution in [0.15, 0.2) is 0 Å². The van der Waals surface area contributed by atoms with Crippen molar-refractivity contribution in [3.8, 4) is 0 Å². The number of nitrogens with two attached hydrogens (primary N) is 1. The van der Waals surface area contributed by atoms with Gasteiger partial charge < -0.3 is 15.2 Å². The fourth-order valence-corrected chi connectivity index (χ4v) is 0.461. The van der Waals surface area contributed by atoms with Crippen molar-refractivity contribution in [1.29, 1.82) is 0 Å². The molecule has 0 saturated heterocycles. The molecule has 0 saturated carbocycles. The van der Waals surface area contributed by atoms with Gasteiger partial charge in [0.25, 0.3) is 0 Å². The molecule has 0 fully saturated rings. The number of rotatable bonds is 6. The summed E-state index contributed by atoms with van der Waals surface area (Å²) in [6, 6.07) is 0. The Kier molecular flexibility index (Phi) is 6.04. The summed E-state index contributed by atoms with van der Waals surface area (Å²) in [5, 5.41) is 0. The van der Waals surface area contributed by atoms with Gasteiger partial charge in [-0.3, -0.25) is 0 Å². The van der Waals surface area contributed by atoms with Gasteiger partial charge in [-0.2, -0.15) is 13.2 Å². The minimum absolute atomic E-state index is 0.328. The third kappa shape index (κ3) is 9.67. The van der Waals surface area contributed by atoms with E-state index in [1.165, 1.54) is 0 Å². The van der Waals surface area contributed by atoms with Gasteiger partial charge in [0.2, 0.25) is 0 Å². The lowest BCUT2D eigenvalue weighted by molar-refractivity contribution is -0.196. The standard InChI is InChI=1S/C6H12F3NO2/c7-6(8,9)4-12-5-11-3-1-2-10/h1-5,10H2. The zero-order chi connectivity index (χ0) is 9.45. The second-order valence-electron chi connectivity index (χ2n) is 2.13. The summed E-state index contributed by atoms with van der Waals surface area (Å²) in [6.07, 6.45) is -3.66. The first-order valence-corrected chi connectivity index (χ1v) is 3.48. The fourth-order valence-electron chi connectivity index (χ4n) is 0.461. The van der Waals surface area contributed by atoms with Gasteiger partial charge in [-0.25, -0.2) is 0 Å². The molecule has 0 aromatic rings. The molecule has 74 valence electrons. The number of halogens is 3. The van der Waals surface area contributed by atoms with Gasteiger partial charge in [-0.1, -0.05) is 0 Å². The fraction of sp³-hybridized carbons (Fsp3) is 1.00. The minimum Gasteiger partial charge on any atom is -0.355 e. The Balaban J connectivity index is 3.01. The van der Waals surface area contributed by atoms with Gasteiger partial charge in [-0.15, -0.1) is 0 Å². The van der Waals surface area contributed by atoms with Gasteiger partial charge in [0, 0.05) is 0 Å². The molecule has 0 bridgehead atoms. The molecule has 3 nitrogen and oxygen atoms in total. The Morgan fingerprint density at radius 2 is 1.83 bits per heavy atom. The van der Waals surface area contributed by atoms with Crippen molar-refractivity contribution < 1.29 is 22.6 Å². The van der Waals surface area contributed by atoms with Crippen molar-refractivity contribution in [2.24, 2.45) is 5.73 Å². The minimum atomic E-state index is -4.28. The molecule has 0 aromatic carbocycles. The molecular weight excluding hydrogens is 175 g/mol. The van der Waals surface area contributed by atoms with Crippen LogP contribution in [0.1, 0.15) is 6.42 Å². The third-order valence-corrected chi connectivity index (χ3v) is 0.925. The highest BCUT2D eigenvalue weighted by Crippen LogP contribution is 2.14. The second-order valence-corrected chi connectivity index (χ2v) is 2.13. The summed E-state index contributed by atoms with van der Waals surface area (Å²) >= 11 is 0. The number of hydrogen-bond acceptors (Lipinski definition) is 3. The van der Waals surface area contributed by atoms with E-state index in [4.69, 9.17) is 5.73 Å². The quantitative estimate of drug-likeness (QED) is 0.496. The van der Waals surface area contributed by atoms with Crippen LogP contribution in [-0.4, -0.2) is 32.7 Å². The van der Waals surface area contributed by atoms with Crippen LogP contribution in [0.3, 0.4) is 0 Å². The topological polar surface area (TPSA) is 44.5 Å². The Morgan fingerprint density at radius 1 is 1.17 bits per heavy atom. The van der Waals surface area contributed by atoms with Gasteiger partial charge >= 0.3 is 6.18 Å². The van der Waals surface area contributed by atoms with Crippen LogP contribution in [-0.2, 0) is 9.47 Å². The Morgan fingerprint density at radius 3 is 2.33 bits per heavy atom. The normalized spacial score (nSPS) is 12.0. The average Bonchev–Trinajstić information content (AvgIpc) is 1.94. The highest BCUT2D eigenvalue weighted by molar-refractivity contribution is 4.43. The molecule has 0 aliphatic heterocycles. The Bertz CT molecular complexity index is 107. The molecule has 0 aromatic heterocycles. The molecule has 0 spiro atoms. The summed E-state index contributed by atoms with van der Waals surface area (Å²) in [7, 11) is 0. The van der Waals surface area contributed by atoms with Gasteiger partial charge in [0.1, 0.15) is 13.4 Å². The van der Waals surface area contributed by atoms with Crippen molar-refractivity contribution in [2.75, 3.05) is 26.6 Å². The largest absolute Gasteiger partial charge is 0.411 e. The number of alkyl halides is 3. The van der Waals surface area contributed by atoms with Crippen LogP contribution in [0.5, 0.6) is 0 Å². The maximum absolute atomic E-state index is 11.4. The second kappa shape index (κ2) is 6.22. The first-order valence-electron chi connectivity index (χ1n) is 3.48. The van der Waals surface area contributed by atoms with Gasteiger partial charge in [0.05, 0.1) is 6.61 Å².